The maximum absolute atomic E-state index is 3.68. The van der Waals surface area contributed by atoms with Crippen LogP contribution >= 0.6 is 15.9 Å². The van der Waals surface area contributed by atoms with Crippen molar-refractivity contribution in [2.75, 3.05) is 0 Å². The Morgan fingerprint density at radius 3 is 2.67 bits per heavy atom. The summed E-state index contributed by atoms with van der Waals surface area (Å²) in [5.41, 5.74) is 0. The van der Waals surface area contributed by atoms with E-state index in [1.54, 1.807) is 0 Å². The van der Waals surface area contributed by atoms with E-state index in [0.717, 1.165) is 10.7 Å². The average molecular weight is 191 g/mol. The van der Waals surface area contributed by atoms with Crippen molar-refractivity contribution in [1.29, 1.82) is 0 Å². The quantitative estimate of drug-likeness (QED) is 0.407. The van der Waals surface area contributed by atoms with Gasteiger partial charge in [-0.05, 0) is 18.8 Å². The summed E-state index contributed by atoms with van der Waals surface area (Å²) in [4.78, 5) is 0.815. The zero-order valence-corrected chi connectivity index (χ0v) is 7.65. The molecule has 0 saturated heterocycles. The highest BCUT2D eigenvalue weighted by Crippen LogP contribution is 2.26. The third kappa shape index (κ3) is 2.70. The molecule has 1 fully saturated rings. The first-order chi connectivity index (χ1) is 4.29. The first-order valence-corrected chi connectivity index (χ1v) is 4.84. The molecule has 1 aliphatic carbocycles. The van der Waals surface area contributed by atoms with Gasteiger partial charge in [0.05, 0.1) is 0 Å². The summed E-state index contributed by atoms with van der Waals surface area (Å²) in [5, 5.41) is 0. The number of alkyl halides is 1. The van der Waals surface area contributed by atoms with E-state index in [0.29, 0.717) is 0 Å². The first-order valence-electron chi connectivity index (χ1n) is 3.93. The Balaban J connectivity index is 2.29. The molecule has 0 aromatic rings. The van der Waals surface area contributed by atoms with Gasteiger partial charge in [-0.25, -0.2) is 0 Å². The lowest BCUT2D eigenvalue weighted by Gasteiger charge is -2.08. The molecule has 1 saturated carbocycles. The van der Waals surface area contributed by atoms with Crippen molar-refractivity contribution in [1.82, 2.24) is 0 Å². The molecule has 2 atom stereocenters. The molecule has 2 unspecified atom stereocenters. The average Bonchev–Trinajstić information content (AvgIpc) is 1.93. The van der Waals surface area contributed by atoms with Gasteiger partial charge in [-0.1, -0.05) is 42.1 Å². The van der Waals surface area contributed by atoms with Gasteiger partial charge in [-0.3, -0.25) is 0 Å². The Labute approximate surface area is 66.2 Å². The minimum atomic E-state index is 0.815. The summed E-state index contributed by atoms with van der Waals surface area (Å²) in [5.74, 6) is 0.955. The molecule has 1 aliphatic rings. The van der Waals surface area contributed by atoms with Crippen molar-refractivity contribution >= 4 is 15.9 Å². The third-order valence-electron chi connectivity index (χ3n) is 2.12. The van der Waals surface area contributed by atoms with Crippen molar-refractivity contribution in [2.45, 2.75) is 43.9 Å². The van der Waals surface area contributed by atoms with Gasteiger partial charge in [-0.2, -0.15) is 0 Å². The fraction of sp³-hybridized carbons (Fsp3) is 1.00. The van der Waals surface area contributed by atoms with Crippen LogP contribution in [0.1, 0.15) is 39.0 Å². The fourth-order valence-corrected chi connectivity index (χ4v) is 2.49. The van der Waals surface area contributed by atoms with Crippen LogP contribution in [0.3, 0.4) is 0 Å². The highest BCUT2D eigenvalue weighted by Gasteiger charge is 2.13. The minimum Gasteiger partial charge on any atom is -0.0891 e. The maximum atomic E-state index is 3.68. The zero-order chi connectivity index (χ0) is 6.69. The van der Waals surface area contributed by atoms with Crippen LogP contribution in [0.5, 0.6) is 0 Å². The second kappa shape index (κ2) is 3.60. The molecule has 0 aromatic heterocycles. The van der Waals surface area contributed by atoms with Crippen LogP contribution in [0.25, 0.3) is 0 Å². The van der Waals surface area contributed by atoms with Crippen molar-refractivity contribution in [3.8, 4) is 0 Å². The Morgan fingerprint density at radius 1 is 1.22 bits per heavy atom. The van der Waals surface area contributed by atoms with Crippen LogP contribution in [0.15, 0.2) is 0 Å². The molecular weight excluding hydrogens is 176 g/mol. The van der Waals surface area contributed by atoms with Gasteiger partial charge >= 0.3 is 0 Å². The third-order valence-corrected chi connectivity index (χ3v) is 2.95. The predicted molar refractivity (Wildman–Crippen MR) is 45.0 cm³/mol. The SMILES string of the molecule is CC1CCCCC(Br)C1. The second-order valence-electron chi connectivity index (χ2n) is 3.22. The fourth-order valence-electron chi connectivity index (χ4n) is 1.53. The monoisotopic (exact) mass is 190 g/mol. The molecule has 0 aromatic carbocycles. The highest BCUT2D eigenvalue weighted by atomic mass is 79.9. The van der Waals surface area contributed by atoms with Gasteiger partial charge in [0.1, 0.15) is 0 Å². The molecule has 0 bridgehead atoms. The number of halogens is 1. The van der Waals surface area contributed by atoms with E-state index >= 15 is 0 Å². The molecular formula is C8H15Br. The summed E-state index contributed by atoms with van der Waals surface area (Å²) in [6.07, 6.45) is 7.11. The van der Waals surface area contributed by atoms with Crippen molar-refractivity contribution in [3.05, 3.63) is 0 Å². The summed E-state index contributed by atoms with van der Waals surface area (Å²) in [6, 6.07) is 0. The van der Waals surface area contributed by atoms with Crippen molar-refractivity contribution in [2.24, 2.45) is 5.92 Å². The van der Waals surface area contributed by atoms with E-state index in [-0.39, 0.29) is 0 Å². The Hall–Kier alpha value is 0.480. The van der Waals surface area contributed by atoms with Crippen molar-refractivity contribution in [3.63, 3.8) is 0 Å². The molecule has 1 rings (SSSR count). The van der Waals surface area contributed by atoms with Gasteiger partial charge in [-0.15, -0.1) is 0 Å². The van der Waals surface area contributed by atoms with Gasteiger partial charge in [0.15, 0.2) is 0 Å². The predicted octanol–water partition coefficient (Wildman–Crippen LogP) is 3.35. The molecule has 54 valence electrons. The Morgan fingerprint density at radius 2 is 1.89 bits per heavy atom. The lowest BCUT2D eigenvalue weighted by molar-refractivity contribution is 0.511. The smallest absolute Gasteiger partial charge is 0.0148 e. The lowest BCUT2D eigenvalue weighted by atomic mass is 10.0. The van der Waals surface area contributed by atoms with Crippen LogP contribution in [0.2, 0.25) is 0 Å². The van der Waals surface area contributed by atoms with E-state index < -0.39 is 0 Å². The van der Waals surface area contributed by atoms with Gasteiger partial charge in [0.25, 0.3) is 0 Å². The van der Waals surface area contributed by atoms with E-state index in [1.807, 2.05) is 0 Å². The van der Waals surface area contributed by atoms with Crippen LogP contribution in [-0.4, -0.2) is 4.83 Å². The molecule has 0 amide bonds. The number of rotatable bonds is 0. The molecule has 0 nitrogen and oxygen atoms in total. The molecule has 0 spiro atoms. The molecule has 0 radical (unpaired) electrons. The van der Waals surface area contributed by atoms with Gasteiger partial charge in [0, 0.05) is 4.83 Å². The van der Waals surface area contributed by atoms with E-state index in [4.69, 9.17) is 0 Å². The molecule has 9 heavy (non-hydrogen) atoms. The first kappa shape index (κ1) is 7.59. The van der Waals surface area contributed by atoms with E-state index in [2.05, 4.69) is 22.9 Å². The summed E-state index contributed by atoms with van der Waals surface area (Å²) >= 11 is 3.68. The molecule has 0 heterocycles. The lowest BCUT2D eigenvalue weighted by Crippen LogP contribution is -2.00. The van der Waals surface area contributed by atoms with Crippen molar-refractivity contribution < 1.29 is 0 Å². The summed E-state index contributed by atoms with van der Waals surface area (Å²) in [7, 11) is 0. The topological polar surface area (TPSA) is 0 Å². The van der Waals surface area contributed by atoms with Gasteiger partial charge in [0.2, 0.25) is 0 Å². The number of hydrogen-bond donors (Lipinski definition) is 0. The molecule has 0 aliphatic heterocycles. The highest BCUT2D eigenvalue weighted by molar-refractivity contribution is 9.09. The molecule has 0 N–H and O–H groups in total. The second-order valence-corrected chi connectivity index (χ2v) is 4.52. The van der Waals surface area contributed by atoms with Crippen LogP contribution in [0, 0.1) is 5.92 Å². The zero-order valence-electron chi connectivity index (χ0n) is 6.07. The van der Waals surface area contributed by atoms with E-state index in [9.17, 15) is 0 Å². The largest absolute Gasteiger partial charge is 0.0891 e. The number of hydrogen-bond acceptors (Lipinski definition) is 0. The summed E-state index contributed by atoms with van der Waals surface area (Å²) in [6.45, 7) is 2.36. The van der Waals surface area contributed by atoms with E-state index in [1.165, 1.54) is 32.1 Å². The maximum Gasteiger partial charge on any atom is 0.0148 e. The normalized spacial score (nSPS) is 38.0. The van der Waals surface area contributed by atoms with Crippen LogP contribution in [0.4, 0.5) is 0 Å². The summed E-state index contributed by atoms with van der Waals surface area (Å²) < 4.78 is 0. The van der Waals surface area contributed by atoms with Crippen LogP contribution < -0.4 is 0 Å². The van der Waals surface area contributed by atoms with Crippen LogP contribution in [-0.2, 0) is 0 Å². The van der Waals surface area contributed by atoms with Gasteiger partial charge < -0.3 is 0 Å². The standard InChI is InChI=1S/C8H15Br/c1-7-4-2-3-5-8(9)6-7/h7-8H,2-6H2,1H3. The minimum absolute atomic E-state index is 0.815. The Bertz CT molecular complexity index is 70.6. The molecule has 1 heteroatoms. The Kier molecular flexibility index (Phi) is 3.03.